The van der Waals surface area contributed by atoms with Gasteiger partial charge in [-0.25, -0.2) is 0 Å². The minimum absolute atomic E-state index is 0.0877. The highest BCUT2D eigenvalue weighted by Crippen LogP contribution is 2.28. The summed E-state index contributed by atoms with van der Waals surface area (Å²) < 4.78 is 0. The van der Waals surface area contributed by atoms with Crippen molar-refractivity contribution >= 4 is 17.5 Å². The van der Waals surface area contributed by atoms with Crippen molar-refractivity contribution in [3.8, 4) is 0 Å². The van der Waals surface area contributed by atoms with E-state index < -0.39 is 12.1 Å². The first-order chi connectivity index (χ1) is 9.21. The van der Waals surface area contributed by atoms with Gasteiger partial charge < -0.3 is 5.32 Å². The lowest BCUT2D eigenvalue weighted by Crippen LogP contribution is -2.66. The van der Waals surface area contributed by atoms with Gasteiger partial charge in [0.15, 0.2) is 0 Å². The number of carbonyl (C=O) groups is 2. The fourth-order valence-corrected chi connectivity index (χ4v) is 2.31. The normalized spacial score (nSPS) is 23.8. The summed E-state index contributed by atoms with van der Waals surface area (Å²) in [5.41, 5.74) is 1.21. The third-order valence-electron chi connectivity index (χ3n) is 3.58. The van der Waals surface area contributed by atoms with E-state index in [2.05, 4.69) is 10.3 Å². The van der Waals surface area contributed by atoms with Gasteiger partial charge in [-0.1, -0.05) is 20.8 Å². The molecule has 2 heterocycles. The largest absolute Gasteiger partial charge is 0.342 e. The maximum atomic E-state index is 12.7. The monoisotopic (exact) mass is 275 g/mol. The second kappa shape index (κ2) is 4.89. The van der Waals surface area contributed by atoms with Gasteiger partial charge in [-0.15, -0.1) is 0 Å². The molecule has 1 aliphatic heterocycles. The molecule has 5 heteroatoms. The molecule has 0 radical (unpaired) electrons. The molecule has 1 aliphatic rings. The number of anilines is 1. The zero-order chi connectivity index (χ0) is 15.1. The SMILES string of the molecule is Cc1ccc(N2C(=O)C(C(C)(C)C)NC(=O)C2C)cn1. The Balaban J connectivity index is 2.41. The fourth-order valence-electron chi connectivity index (χ4n) is 2.31. The van der Waals surface area contributed by atoms with Crippen LogP contribution in [0.3, 0.4) is 0 Å². The van der Waals surface area contributed by atoms with E-state index in [4.69, 9.17) is 0 Å². The number of amides is 2. The molecule has 2 unspecified atom stereocenters. The van der Waals surface area contributed by atoms with Gasteiger partial charge in [-0.05, 0) is 31.4 Å². The number of hydrogen-bond donors (Lipinski definition) is 1. The van der Waals surface area contributed by atoms with E-state index in [1.807, 2.05) is 39.8 Å². The summed E-state index contributed by atoms with van der Waals surface area (Å²) in [6.07, 6.45) is 1.64. The van der Waals surface area contributed by atoms with Crippen LogP contribution in [0.5, 0.6) is 0 Å². The third-order valence-corrected chi connectivity index (χ3v) is 3.58. The van der Waals surface area contributed by atoms with Crippen molar-refractivity contribution < 1.29 is 9.59 Å². The first-order valence-corrected chi connectivity index (χ1v) is 6.78. The van der Waals surface area contributed by atoms with Gasteiger partial charge in [-0.2, -0.15) is 0 Å². The number of nitrogens with one attached hydrogen (secondary N) is 1. The molecule has 108 valence electrons. The molecule has 0 aliphatic carbocycles. The minimum Gasteiger partial charge on any atom is -0.342 e. The van der Waals surface area contributed by atoms with Crippen molar-refractivity contribution in [2.45, 2.75) is 46.7 Å². The number of aryl methyl sites for hydroxylation is 1. The van der Waals surface area contributed by atoms with E-state index in [1.54, 1.807) is 18.0 Å². The molecular weight excluding hydrogens is 254 g/mol. The van der Waals surface area contributed by atoms with Crippen LogP contribution in [0.15, 0.2) is 18.3 Å². The molecule has 1 aromatic heterocycles. The maximum absolute atomic E-state index is 12.7. The standard InChI is InChI=1S/C15H21N3O2/c1-9-6-7-11(8-16-9)18-10(2)13(19)17-12(14(18)20)15(3,4)5/h6-8,10,12H,1-5H3,(H,17,19). The molecule has 0 spiro atoms. The summed E-state index contributed by atoms with van der Waals surface area (Å²) in [5, 5.41) is 2.82. The molecule has 20 heavy (non-hydrogen) atoms. The molecule has 0 saturated carbocycles. The van der Waals surface area contributed by atoms with E-state index in [1.165, 1.54) is 0 Å². The summed E-state index contributed by atoms with van der Waals surface area (Å²) >= 11 is 0. The van der Waals surface area contributed by atoms with Crippen LogP contribution in [0.25, 0.3) is 0 Å². The smallest absolute Gasteiger partial charge is 0.250 e. The first kappa shape index (κ1) is 14.5. The maximum Gasteiger partial charge on any atom is 0.250 e. The quantitative estimate of drug-likeness (QED) is 0.847. The number of aromatic nitrogens is 1. The van der Waals surface area contributed by atoms with Crippen LogP contribution < -0.4 is 10.2 Å². The summed E-state index contributed by atoms with van der Waals surface area (Å²) in [6, 6.07) is 2.63. The van der Waals surface area contributed by atoms with Crippen molar-refractivity contribution in [2.24, 2.45) is 5.41 Å². The van der Waals surface area contributed by atoms with Crippen LogP contribution in [0.4, 0.5) is 5.69 Å². The molecule has 2 atom stereocenters. The molecule has 1 N–H and O–H groups in total. The second-order valence-electron chi connectivity index (χ2n) is 6.35. The van der Waals surface area contributed by atoms with E-state index in [9.17, 15) is 9.59 Å². The van der Waals surface area contributed by atoms with Crippen LogP contribution in [0.2, 0.25) is 0 Å². The molecule has 1 aromatic rings. The van der Waals surface area contributed by atoms with Gasteiger partial charge in [0.2, 0.25) is 5.91 Å². The third kappa shape index (κ3) is 2.53. The molecule has 2 amide bonds. The summed E-state index contributed by atoms with van der Waals surface area (Å²) in [5.74, 6) is -0.222. The lowest BCUT2D eigenvalue weighted by atomic mass is 9.84. The van der Waals surface area contributed by atoms with Crippen molar-refractivity contribution in [3.05, 3.63) is 24.0 Å². The van der Waals surface area contributed by atoms with Gasteiger partial charge >= 0.3 is 0 Å². The van der Waals surface area contributed by atoms with Crippen LogP contribution in [-0.4, -0.2) is 28.9 Å². The summed E-state index contributed by atoms with van der Waals surface area (Å²) in [4.78, 5) is 30.6. The van der Waals surface area contributed by atoms with E-state index >= 15 is 0 Å². The lowest BCUT2D eigenvalue weighted by Gasteiger charge is -2.42. The topological polar surface area (TPSA) is 62.3 Å². The van der Waals surface area contributed by atoms with Crippen molar-refractivity contribution in [2.75, 3.05) is 4.90 Å². The average molecular weight is 275 g/mol. The number of piperazine rings is 1. The molecular formula is C15H21N3O2. The van der Waals surface area contributed by atoms with Crippen LogP contribution in [0.1, 0.15) is 33.4 Å². The van der Waals surface area contributed by atoms with E-state index in [0.717, 1.165) is 5.69 Å². The van der Waals surface area contributed by atoms with E-state index in [-0.39, 0.29) is 17.2 Å². The lowest BCUT2D eigenvalue weighted by molar-refractivity contribution is -0.136. The van der Waals surface area contributed by atoms with Gasteiger partial charge in [0.1, 0.15) is 12.1 Å². The van der Waals surface area contributed by atoms with Crippen LogP contribution in [-0.2, 0) is 9.59 Å². The number of rotatable bonds is 1. The van der Waals surface area contributed by atoms with Gasteiger partial charge in [0, 0.05) is 5.69 Å². The molecule has 0 aromatic carbocycles. The summed E-state index contributed by atoms with van der Waals surface area (Å²) in [6.45, 7) is 9.44. The first-order valence-electron chi connectivity index (χ1n) is 6.78. The molecule has 5 nitrogen and oxygen atoms in total. The highest BCUT2D eigenvalue weighted by atomic mass is 16.2. The van der Waals surface area contributed by atoms with Crippen molar-refractivity contribution in [3.63, 3.8) is 0 Å². The Kier molecular flexibility index (Phi) is 3.54. The van der Waals surface area contributed by atoms with Gasteiger partial charge in [-0.3, -0.25) is 19.5 Å². The number of nitrogens with zero attached hydrogens (tertiary/aromatic N) is 2. The Morgan fingerprint density at radius 2 is 1.90 bits per heavy atom. The average Bonchev–Trinajstić information content (AvgIpc) is 2.35. The Hall–Kier alpha value is -1.91. The molecule has 0 bridgehead atoms. The van der Waals surface area contributed by atoms with Gasteiger partial charge in [0.25, 0.3) is 5.91 Å². The van der Waals surface area contributed by atoms with Gasteiger partial charge in [0.05, 0.1) is 11.9 Å². The number of carbonyl (C=O) groups excluding carboxylic acids is 2. The molecule has 1 fully saturated rings. The van der Waals surface area contributed by atoms with Crippen molar-refractivity contribution in [1.29, 1.82) is 0 Å². The highest BCUT2D eigenvalue weighted by Gasteiger charge is 2.44. The van der Waals surface area contributed by atoms with Crippen molar-refractivity contribution in [1.82, 2.24) is 10.3 Å². The zero-order valence-corrected chi connectivity index (χ0v) is 12.6. The molecule has 1 saturated heterocycles. The fraction of sp³-hybridized carbons (Fsp3) is 0.533. The molecule has 2 rings (SSSR count). The summed E-state index contributed by atoms with van der Waals surface area (Å²) in [7, 11) is 0. The predicted octanol–water partition coefficient (Wildman–Crippen LogP) is 1.66. The Morgan fingerprint density at radius 1 is 1.25 bits per heavy atom. The Morgan fingerprint density at radius 3 is 2.40 bits per heavy atom. The Labute approximate surface area is 119 Å². The minimum atomic E-state index is -0.523. The second-order valence-corrected chi connectivity index (χ2v) is 6.35. The van der Waals surface area contributed by atoms with Crippen LogP contribution in [0, 0.1) is 12.3 Å². The predicted molar refractivity (Wildman–Crippen MR) is 77.3 cm³/mol. The van der Waals surface area contributed by atoms with Crippen LogP contribution >= 0.6 is 0 Å². The number of hydrogen-bond acceptors (Lipinski definition) is 3. The Bertz CT molecular complexity index is 531. The van der Waals surface area contributed by atoms with E-state index in [0.29, 0.717) is 5.69 Å². The highest BCUT2D eigenvalue weighted by molar-refractivity contribution is 6.08. The zero-order valence-electron chi connectivity index (χ0n) is 12.6. The number of pyridine rings is 1.